The number of aryl methyl sites for hydroxylation is 1. The van der Waals surface area contributed by atoms with Gasteiger partial charge in [-0.3, -0.25) is 0 Å². The number of benzene rings is 2. The summed E-state index contributed by atoms with van der Waals surface area (Å²) in [6.07, 6.45) is 3.94. The van der Waals surface area contributed by atoms with Gasteiger partial charge in [-0.05, 0) is 42.2 Å². The molecule has 2 nitrogen and oxygen atoms in total. The molecular weight excluding hydrogens is 260 g/mol. The van der Waals surface area contributed by atoms with Gasteiger partial charge in [-0.2, -0.15) is 0 Å². The van der Waals surface area contributed by atoms with Crippen molar-refractivity contribution in [3.8, 4) is 11.5 Å². The fraction of sp³-hybridized carbons (Fsp3) is 0.263. The van der Waals surface area contributed by atoms with E-state index >= 15 is 0 Å². The lowest BCUT2D eigenvalue weighted by Gasteiger charge is -2.10. The molecular formula is C19H22O2. The quantitative estimate of drug-likeness (QED) is 0.687. The maximum Gasteiger partial charge on any atom is 0.168 e. The molecule has 0 aliphatic heterocycles. The van der Waals surface area contributed by atoms with Crippen molar-refractivity contribution in [3.63, 3.8) is 0 Å². The van der Waals surface area contributed by atoms with Crippen LogP contribution in [0.25, 0.3) is 5.57 Å². The van der Waals surface area contributed by atoms with Crippen molar-refractivity contribution in [1.82, 2.24) is 0 Å². The van der Waals surface area contributed by atoms with Gasteiger partial charge in [0, 0.05) is 0 Å². The number of rotatable bonds is 6. The Kier molecular flexibility index (Phi) is 5.44. The molecule has 21 heavy (non-hydrogen) atoms. The molecule has 0 atom stereocenters. The molecule has 0 fully saturated rings. The first-order valence-electron chi connectivity index (χ1n) is 7.30. The molecule has 0 amide bonds. The van der Waals surface area contributed by atoms with Crippen LogP contribution in [0, 0.1) is 0 Å². The third kappa shape index (κ3) is 4.12. The van der Waals surface area contributed by atoms with Crippen molar-refractivity contribution < 1.29 is 9.47 Å². The summed E-state index contributed by atoms with van der Waals surface area (Å²) in [5.74, 6) is 1.52. The van der Waals surface area contributed by atoms with E-state index in [0.717, 1.165) is 35.5 Å². The largest absolute Gasteiger partial charge is 0.493 e. The first kappa shape index (κ1) is 15.2. The predicted molar refractivity (Wildman–Crippen MR) is 87.7 cm³/mol. The zero-order valence-corrected chi connectivity index (χ0v) is 12.9. The Morgan fingerprint density at radius 1 is 1.05 bits per heavy atom. The minimum absolute atomic E-state index is 0.743. The molecule has 110 valence electrons. The topological polar surface area (TPSA) is 18.5 Å². The molecule has 0 aliphatic rings. The Hall–Kier alpha value is -2.22. The molecule has 2 heteroatoms. The van der Waals surface area contributed by atoms with E-state index in [1.54, 1.807) is 13.4 Å². The minimum atomic E-state index is 0.743. The van der Waals surface area contributed by atoms with E-state index in [9.17, 15) is 0 Å². The van der Waals surface area contributed by atoms with Gasteiger partial charge in [0.05, 0.1) is 13.4 Å². The summed E-state index contributed by atoms with van der Waals surface area (Å²) in [7, 11) is 1.67. The molecule has 0 N–H and O–H groups in total. The van der Waals surface area contributed by atoms with Gasteiger partial charge >= 0.3 is 0 Å². The normalized spacial score (nSPS) is 11.3. The first-order chi connectivity index (χ1) is 10.2. The Labute approximate surface area is 127 Å². The van der Waals surface area contributed by atoms with E-state index < -0.39 is 0 Å². The Morgan fingerprint density at radius 2 is 1.81 bits per heavy atom. The molecule has 2 aromatic carbocycles. The smallest absolute Gasteiger partial charge is 0.168 e. The highest BCUT2D eigenvalue weighted by Gasteiger charge is 2.05. The summed E-state index contributed by atoms with van der Waals surface area (Å²) in [4.78, 5) is 0. The number of allylic oxidation sites excluding steroid dienone is 1. The van der Waals surface area contributed by atoms with Crippen LogP contribution in [0.1, 0.15) is 31.4 Å². The van der Waals surface area contributed by atoms with Gasteiger partial charge in [0.2, 0.25) is 0 Å². The molecule has 0 saturated heterocycles. The molecule has 0 spiro atoms. The first-order valence-corrected chi connectivity index (χ1v) is 7.30. The second kappa shape index (κ2) is 7.53. The van der Waals surface area contributed by atoms with Crippen molar-refractivity contribution in [3.05, 3.63) is 65.9 Å². The highest BCUT2D eigenvalue weighted by molar-refractivity contribution is 5.63. The van der Waals surface area contributed by atoms with E-state index in [0.29, 0.717) is 0 Å². The molecule has 2 rings (SSSR count). The number of methoxy groups -OCH3 is 1. The van der Waals surface area contributed by atoms with Crippen molar-refractivity contribution in [1.29, 1.82) is 0 Å². The van der Waals surface area contributed by atoms with Gasteiger partial charge in [0.15, 0.2) is 11.5 Å². The van der Waals surface area contributed by atoms with E-state index in [1.165, 1.54) is 5.56 Å². The average molecular weight is 282 g/mol. The SMILES string of the molecule is CCCc1ccc(O/C=C(\C)c2ccccc2)c(OC)c1. The van der Waals surface area contributed by atoms with Gasteiger partial charge in [0.1, 0.15) is 0 Å². The van der Waals surface area contributed by atoms with Crippen LogP contribution in [0.4, 0.5) is 0 Å². The molecule has 0 aromatic heterocycles. The van der Waals surface area contributed by atoms with E-state index in [-0.39, 0.29) is 0 Å². The van der Waals surface area contributed by atoms with Crippen LogP contribution in [0.15, 0.2) is 54.8 Å². The summed E-state index contributed by atoms with van der Waals surface area (Å²) in [6, 6.07) is 16.3. The minimum Gasteiger partial charge on any atom is -0.493 e. The predicted octanol–water partition coefficient (Wildman–Crippen LogP) is 5.09. The number of ether oxygens (including phenoxy) is 2. The lowest BCUT2D eigenvalue weighted by Crippen LogP contribution is -1.93. The Bertz CT molecular complexity index is 600. The fourth-order valence-corrected chi connectivity index (χ4v) is 2.17. The standard InChI is InChI=1S/C19H22O2/c1-4-8-16-11-12-18(19(13-16)20-3)21-14-15(2)17-9-6-5-7-10-17/h5-7,9-14H,4,8H2,1-3H3/b15-14+. The van der Waals surface area contributed by atoms with Crippen molar-refractivity contribution in [2.75, 3.05) is 7.11 Å². The summed E-state index contributed by atoms with van der Waals surface area (Å²) < 4.78 is 11.2. The molecule has 0 bridgehead atoms. The van der Waals surface area contributed by atoms with Crippen molar-refractivity contribution in [2.45, 2.75) is 26.7 Å². The van der Waals surface area contributed by atoms with Gasteiger partial charge in [-0.1, -0.05) is 49.7 Å². The highest BCUT2D eigenvalue weighted by Crippen LogP contribution is 2.29. The van der Waals surface area contributed by atoms with Crippen LogP contribution in [0.5, 0.6) is 11.5 Å². The second-order valence-corrected chi connectivity index (χ2v) is 5.02. The Balaban J connectivity index is 2.16. The summed E-state index contributed by atoms with van der Waals surface area (Å²) in [6.45, 7) is 4.20. The van der Waals surface area contributed by atoms with Gasteiger partial charge in [-0.15, -0.1) is 0 Å². The van der Waals surface area contributed by atoms with Crippen LogP contribution in [0.2, 0.25) is 0 Å². The van der Waals surface area contributed by atoms with Gasteiger partial charge in [-0.25, -0.2) is 0 Å². The van der Waals surface area contributed by atoms with Gasteiger partial charge < -0.3 is 9.47 Å². The van der Waals surface area contributed by atoms with Gasteiger partial charge in [0.25, 0.3) is 0 Å². The average Bonchev–Trinajstić information content (AvgIpc) is 2.54. The van der Waals surface area contributed by atoms with Crippen LogP contribution in [-0.4, -0.2) is 7.11 Å². The summed E-state index contributed by atoms with van der Waals surface area (Å²) >= 11 is 0. The van der Waals surface area contributed by atoms with E-state index in [1.807, 2.05) is 37.3 Å². The van der Waals surface area contributed by atoms with E-state index in [4.69, 9.17) is 9.47 Å². The third-order valence-corrected chi connectivity index (χ3v) is 3.36. The zero-order valence-electron chi connectivity index (χ0n) is 12.9. The summed E-state index contributed by atoms with van der Waals surface area (Å²) in [5, 5.41) is 0. The highest BCUT2D eigenvalue weighted by atomic mass is 16.5. The fourth-order valence-electron chi connectivity index (χ4n) is 2.17. The molecule has 0 saturated carbocycles. The lowest BCUT2D eigenvalue weighted by atomic mass is 10.1. The second-order valence-electron chi connectivity index (χ2n) is 5.02. The van der Waals surface area contributed by atoms with Crippen molar-refractivity contribution in [2.24, 2.45) is 0 Å². The monoisotopic (exact) mass is 282 g/mol. The van der Waals surface area contributed by atoms with E-state index in [2.05, 4.69) is 25.1 Å². The van der Waals surface area contributed by atoms with Crippen LogP contribution >= 0.6 is 0 Å². The summed E-state index contributed by atoms with van der Waals surface area (Å²) in [5.41, 5.74) is 3.50. The maximum absolute atomic E-state index is 5.79. The molecule has 0 heterocycles. The Morgan fingerprint density at radius 3 is 2.48 bits per heavy atom. The molecule has 0 aliphatic carbocycles. The van der Waals surface area contributed by atoms with Crippen LogP contribution < -0.4 is 9.47 Å². The number of hydrogen-bond donors (Lipinski definition) is 0. The molecule has 0 unspecified atom stereocenters. The zero-order chi connectivity index (χ0) is 15.1. The van der Waals surface area contributed by atoms with Crippen LogP contribution in [0.3, 0.4) is 0 Å². The van der Waals surface area contributed by atoms with Crippen LogP contribution in [-0.2, 0) is 6.42 Å². The molecule has 0 radical (unpaired) electrons. The molecule has 2 aromatic rings. The van der Waals surface area contributed by atoms with Crippen molar-refractivity contribution >= 4 is 5.57 Å². The lowest BCUT2D eigenvalue weighted by molar-refractivity contribution is 0.378. The maximum atomic E-state index is 5.79. The number of hydrogen-bond acceptors (Lipinski definition) is 2. The third-order valence-electron chi connectivity index (χ3n) is 3.36.